The Morgan fingerprint density at radius 3 is 2.62 bits per heavy atom. The largest absolute Gasteiger partial charge is 0.379 e. The molecule has 4 heterocycles. The molecule has 1 spiro atoms. The summed E-state index contributed by atoms with van der Waals surface area (Å²) in [6, 6.07) is 0.630. The standard InChI is InChI=1S/C19H31N5O2/c1-21-8-5-20-17(21)18(25)24-6-3-19(4-7-24)13-16(22(2)15-19)14-23-9-11-26-12-10-23/h5,8,16H,3-4,6-7,9-15H2,1-2H3. The third kappa shape index (κ3) is 3.52. The van der Waals surface area contributed by atoms with E-state index in [2.05, 4.69) is 21.8 Å². The second kappa shape index (κ2) is 7.29. The number of likely N-dealkylation sites (N-methyl/N-ethyl adjacent to an activating group) is 1. The van der Waals surface area contributed by atoms with Crippen molar-refractivity contribution in [1.82, 2.24) is 24.3 Å². The number of carbonyl (C=O) groups excluding carboxylic acids is 1. The fourth-order valence-electron chi connectivity index (χ4n) is 4.92. The van der Waals surface area contributed by atoms with Gasteiger partial charge in [-0.3, -0.25) is 9.69 Å². The molecule has 7 nitrogen and oxygen atoms in total. The van der Waals surface area contributed by atoms with Crippen molar-refractivity contribution in [3.8, 4) is 0 Å². The van der Waals surface area contributed by atoms with Crippen LogP contribution in [0, 0.1) is 5.41 Å². The van der Waals surface area contributed by atoms with E-state index in [1.807, 2.05) is 22.7 Å². The van der Waals surface area contributed by atoms with Gasteiger partial charge in [-0.2, -0.15) is 0 Å². The Balaban J connectivity index is 1.33. The van der Waals surface area contributed by atoms with Gasteiger partial charge in [-0.05, 0) is 31.7 Å². The Labute approximate surface area is 155 Å². The second-order valence-corrected chi connectivity index (χ2v) is 8.34. The van der Waals surface area contributed by atoms with Crippen molar-refractivity contribution in [3.63, 3.8) is 0 Å². The highest BCUT2D eigenvalue weighted by Gasteiger charge is 2.45. The molecule has 1 aromatic rings. The summed E-state index contributed by atoms with van der Waals surface area (Å²) in [7, 11) is 4.15. The normalized spacial score (nSPS) is 27.3. The summed E-state index contributed by atoms with van der Waals surface area (Å²) in [6.45, 7) is 7.86. The molecule has 1 amide bonds. The molecule has 4 rings (SSSR count). The highest BCUT2D eigenvalue weighted by Crippen LogP contribution is 2.43. The van der Waals surface area contributed by atoms with Crippen LogP contribution in [-0.4, -0.2) is 95.7 Å². The predicted molar refractivity (Wildman–Crippen MR) is 99.1 cm³/mol. The Morgan fingerprint density at radius 2 is 1.96 bits per heavy atom. The van der Waals surface area contributed by atoms with Crippen molar-refractivity contribution in [2.75, 3.05) is 59.5 Å². The minimum Gasteiger partial charge on any atom is -0.379 e. The highest BCUT2D eigenvalue weighted by atomic mass is 16.5. The number of amides is 1. The van der Waals surface area contributed by atoms with Crippen molar-refractivity contribution >= 4 is 5.91 Å². The maximum Gasteiger partial charge on any atom is 0.289 e. The maximum absolute atomic E-state index is 12.7. The lowest BCUT2D eigenvalue weighted by atomic mass is 9.76. The number of rotatable bonds is 3. The first-order valence-electron chi connectivity index (χ1n) is 9.83. The van der Waals surface area contributed by atoms with Gasteiger partial charge < -0.3 is 19.1 Å². The van der Waals surface area contributed by atoms with E-state index in [9.17, 15) is 4.79 Å². The van der Waals surface area contributed by atoms with E-state index >= 15 is 0 Å². The number of hydrogen-bond donors (Lipinski definition) is 0. The SMILES string of the molecule is CN1CC2(CCN(C(=O)c3nccn3C)CC2)CC1CN1CCOCC1. The van der Waals surface area contributed by atoms with Crippen LogP contribution in [0.1, 0.15) is 29.9 Å². The summed E-state index contributed by atoms with van der Waals surface area (Å²) in [5, 5.41) is 0. The van der Waals surface area contributed by atoms with Gasteiger partial charge in [0.25, 0.3) is 5.91 Å². The average molecular weight is 361 g/mol. The fourth-order valence-corrected chi connectivity index (χ4v) is 4.92. The predicted octanol–water partition coefficient (Wildman–Crippen LogP) is 0.679. The molecule has 1 atom stereocenters. The van der Waals surface area contributed by atoms with Crippen LogP contribution in [0.5, 0.6) is 0 Å². The van der Waals surface area contributed by atoms with Crippen molar-refractivity contribution in [3.05, 3.63) is 18.2 Å². The number of morpholine rings is 1. The Bertz CT molecular complexity index is 632. The average Bonchev–Trinajstić information content (AvgIpc) is 3.20. The number of carbonyl (C=O) groups is 1. The van der Waals surface area contributed by atoms with E-state index in [4.69, 9.17) is 4.74 Å². The molecule has 0 radical (unpaired) electrons. The molecular formula is C19H31N5O2. The van der Waals surface area contributed by atoms with E-state index in [-0.39, 0.29) is 5.91 Å². The molecule has 0 aliphatic carbocycles. The van der Waals surface area contributed by atoms with Crippen LogP contribution in [0.3, 0.4) is 0 Å². The molecule has 3 aliphatic rings. The van der Waals surface area contributed by atoms with Crippen LogP contribution >= 0.6 is 0 Å². The molecular weight excluding hydrogens is 330 g/mol. The summed E-state index contributed by atoms with van der Waals surface area (Å²) in [4.78, 5) is 24.0. The van der Waals surface area contributed by atoms with Gasteiger partial charge in [0.1, 0.15) is 0 Å². The van der Waals surface area contributed by atoms with Gasteiger partial charge in [0.2, 0.25) is 0 Å². The summed E-state index contributed by atoms with van der Waals surface area (Å²) >= 11 is 0. The third-order valence-corrected chi connectivity index (χ3v) is 6.57. The summed E-state index contributed by atoms with van der Waals surface area (Å²) < 4.78 is 7.29. The minimum absolute atomic E-state index is 0.0727. The lowest BCUT2D eigenvalue weighted by molar-refractivity contribution is 0.0283. The molecule has 7 heteroatoms. The number of ether oxygens (including phenoxy) is 1. The van der Waals surface area contributed by atoms with Gasteiger partial charge >= 0.3 is 0 Å². The molecule has 144 valence electrons. The van der Waals surface area contributed by atoms with Crippen molar-refractivity contribution in [2.45, 2.75) is 25.3 Å². The summed E-state index contributed by atoms with van der Waals surface area (Å²) in [5.41, 5.74) is 0.379. The van der Waals surface area contributed by atoms with Crippen LogP contribution in [0.15, 0.2) is 12.4 Å². The number of imidazole rings is 1. The molecule has 0 aromatic carbocycles. The molecule has 0 saturated carbocycles. The highest BCUT2D eigenvalue weighted by molar-refractivity contribution is 5.90. The molecule has 26 heavy (non-hydrogen) atoms. The molecule has 3 saturated heterocycles. The van der Waals surface area contributed by atoms with Crippen LogP contribution in [0.25, 0.3) is 0 Å². The van der Waals surface area contributed by atoms with E-state index in [1.54, 1.807) is 6.20 Å². The van der Waals surface area contributed by atoms with Gasteiger partial charge in [0.05, 0.1) is 13.2 Å². The van der Waals surface area contributed by atoms with Gasteiger partial charge in [-0.1, -0.05) is 0 Å². The van der Waals surface area contributed by atoms with Gasteiger partial charge in [0, 0.05) is 64.8 Å². The molecule has 3 aliphatic heterocycles. The van der Waals surface area contributed by atoms with E-state index in [1.165, 1.54) is 6.42 Å². The zero-order valence-electron chi connectivity index (χ0n) is 16.1. The maximum atomic E-state index is 12.7. The monoisotopic (exact) mass is 361 g/mol. The topological polar surface area (TPSA) is 53.8 Å². The van der Waals surface area contributed by atoms with E-state index < -0.39 is 0 Å². The van der Waals surface area contributed by atoms with Crippen molar-refractivity contribution in [2.24, 2.45) is 12.5 Å². The number of aromatic nitrogens is 2. The molecule has 1 aromatic heterocycles. The van der Waals surface area contributed by atoms with Gasteiger partial charge in [0.15, 0.2) is 5.82 Å². The Morgan fingerprint density at radius 1 is 1.23 bits per heavy atom. The number of aryl methyl sites for hydroxylation is 1. The van der Waals surface area contributed by atoms with Crippen LogP contribution in [0.2, 0.25) is 0 Å². The Hall–Kier alpha value is -1.44. The number of hydrogen-bond acceptors (Lipinski definition) is 5. The molecule has 1 unspecified atom stereocenters. The van der Waals surface area contributed by atoms with Gasteiger partial charge in [-0.25, -0.2) is 4.98 Å². The first-order valence-corrected chi connectivity index (χ1v) is 9.83. The zero-order chi connectivity index (χ0) is 18.1. The first-order chi connectivity index (χ1) is 12.6. The van der Waals surface area contributed by atoms with Crippen molar-refractivity contribution < 1.29 is 9.53 Å². The number of likely N-dealkylation sites (tertiary alicyclic amines) is 2. The minimum atomic E-state index is 0.0727. The van der Waals surface area contributed by atoms with Crippen LogP contribution in [0.4, 0.5) is 0 Å². The molecule has 0 N–H and O–H groups in total. The third-order valence-electron chi connectivity index (χ3n) is 6.57. The van der Waals surface area contributed by atoms with Crippen LogP contribution in [-0.2, 0) is 11.8 Å². The molecule has 3 fully saturated rings. The van der Waals surface area contributed by atoms with E-state index in [0.717, 1.165) is 65.3 Å². The quantitative estimate of drug-likeness (QED) is 0.792. The summed E-state index contributed by atoms with van der Waals surface area (Å²) in [6.07, 6.45) is 6.99. The first kappa shape index (κ1) is 17.9. The van der Waals surface area contributed by atoms with Crippen LogP contribution < -0.4 is 0 Å². The van der Waals surface area contributed by atoms with Crippen molar-refractivity contribution in [1.29, 1.82) is 0 Å². The number of nitrogens with zero attached hydrogens (tertiary/aromatic N) is 5. The lowest BCUT2D eigenvalue weighted by Crippen LogP contribution is -2.44. The zero-order valence-corrected chi connectivity index (χ0v) is 16.1. The molecule has 0 bridgehead atoms. The second-order valence-electron chi connectivity index (χ2n) is 8.34. The fraction of sp³-hybridized carbons (Fsp3) is 0.789. The van der Waals surface area contributed by atoms with E-state index in [0.29, 0.717) is 17.3 Å². The lowest BCUT2D eigenvalue weighted by Gasteiger charge is -2.39. The smallest absolute Gasteiger partial charge is 0.289 e. The number of piperidine rings is 1. The van der Waals surface area contributed by atoms with Gasteiger partial charge in [-0.15, -0.1) is 0 Å². The Kier molecular flexibility index (Phi) is 5.03. The summed E-state index contributed by atoms with van der Waals surface area (Å²) in [5.74, 6) is 0.623.